The molecule has 0 atom stereocenters. The van der Waals surface area contributed by atoms with Crippen molar-refractivity contribution in [1.82, 2.24) is 0 Å². The number of fused-ring (bicyclic) bond motifs is 1. The molecule has 0 fully saturated rings. The van der Waals surface area contributed by atoms with E-state index in [0.717, 1.165) is 56.4 Å². The SMILES string of the molecule is COc1ccc(-c2cc(-c3ccccc3)[n+](-c3cc(/C=C\C4=[N+](C)c5ccccc5C4(C)C)c([O-])c(-c4ccccc4)c3)c(-c3ccccc3)c2)cc1. The van der Waals surface area contributed by atoms with Crippen LogP contribution >= 0.6 is 0 Å². The van der Waals surface area contributed by atoms with Crippen LogP contribution in [0, 0.1) is 0 Å². The predicted molar refractivity (Wildman–Crippen MR) is 215 cm³/mol. The Hall–Kier alpha value is -6.52. The summed E-state index contributed by atoms with van der Waals surface area (Å²) in [6.45, 7) is 4.49. The number of rotatable bonds is 8. The summed E-state index contributed by atoms with van der Waals surface area (Å²) in [6.07, 6.45) is 4.14. The van der Waals surface area contributed by atoms with Crippen molar-refractivity contribution in [3.05, 3.63) is 181 Å². The van der Waals surface area contributed by atoms with Gasteiger partial charge in [-0.25, -0.2) is 0 Å². The number of hydrogen-bond acceptors (Lipinski definition) is 2. The number of allylic oxidation sites excluding steroid dienone is 1. The molecule has 0 N–H and O–H groups in total. The average molecular weight is 690 g/mol. The van der Waals surface area contributed by atoms with Crippen LogP contribution < -0.4 is 14.4 Å². The molecule has 0 unspecified atom stereocenters. The number of methoxy groups -OCH3 is 1. The Labute approximate surface area is 311 Å². The lowest BCUT2D eigenvalue weighted by atomic mass is 9.81. The van der Waals surface area contributed by atoms with Crippen molar-refractivity contribution < 1.29 is 19.0 Å². The molecule has 1 aromatic heterocycles. The van der Waals surface area contributed by atoms with Crippen molar-refractivity contribution in [3.63, 3.8) is 0 Å². The van der Waals surface area contributed by atoms with Gasteiger partial charge in [-0.15, -0.1) is 0 Å². The number of ether oxygens (including phenoxy) is 1. The fraction of sp³-hybridized carbons (Fsp3) is 0.102. The van der Waals surface area contributed by atoms with E-state index in [9.17, 15) is 5.11 Å². The molecule has 53 heavy (non-hydrogen) atoms. The van der Waals surface area contributed by atoms with Crippen LogP contribution in [-0.2, 0) is 5.41 Å². The van der Waals surface area contributed by atoms with E-state index in [1.807, 2.05) is 66.7 Å². The first-order chi connectivity index (χ1) is 25.8. The molecule has 6 aromatic carbocycles. The van der Waals surface area contributed by atoms with Gasteiger partial charge >= 0.3 is 0 Å². The molecule has 0 saturated carbocycles. The minimum Gasteiger partial charge on any atom is -0.872 e. The molecular formula is C49H41N2O2+. The monoisotopic (exact) mass is 689 g/mol. The zero-order valence-electron chi connectivity index (χ0n) is 30.5. The zero-order chi connectivity index (χ0) is 36.5. The highest BCUT2D eigenvalue weighted by molar-refractivity contribution is 6.05. The molecule has 8 rings (SSSR count). The average Bonchev–Trinajstić information content (AvgIpc) is 3.41. The lowest BCUT2D eigenvalue weighted by Crippen LogP contribution is -2.36. The maximum absolute atomic E-state index is 14.5. The predicted octanol–water partition coefficient (Wildman–Crippen LogP) is 10.4. The van der Waals surface area contributed by atoms with Crippen LogP contribution in [-0.4, -0.2) is 24.4 Å². The summed E-state index contributed by atoms with van der Waals surface area (Å²) in [7, 11) is 3.79. The first-order valence-corrected chi connectivity index (χ1v) is 18.0. The van der Waals surface area contributed by atoms with Crippen molar-refractivity contribution in [3.8, 4) is 62.0 Å². The molecule has 0 radical (unpaired) electrons. The summed E-state index contributed by atoms with van der Waals surface area (Å²) in [5, 5.41) is 14.5. The fourth-order valence-electron chi connectivity index (χ4n) is 7.66. The molecule has 1 aliphatic heterocycles. The lowest BCUT2D eigenvalue weighted by Gasteiger charge is -2.20. The normalized spacial score (nSPS) is 13.4. The second-order valence-corrected chi connectivity index (χ2v) is 14.0. The number of hydrogen-bond donors (Lipinski definition) is 0. The molecule has 1 aliphatic rings. The molecular weight excluding hydrogens is 649 g/mol. The van der Waals surface area contributed by atoms with E-state index in [1.54, 1.807) is 7.11 Å². The van der Waals surface area contributed by atoms with Crippen molar-refractivity contribution in [2.45, 2.75) is 19.3 Å². The van der Waals surface area contributed by atoms with Crippen LogP contribution in [0.15, 0.2) is 170 Å². The number of para-hydroxylation sites is 1. The maximum atomic E-state index is 14.5. The Bertz CT molecular complexity index is 2440. The molecule has 258 valence electrons. The third-order valence-electron chi connectivity index (χ3n) is 10.4. The third kappa shape index (κ3) is 6.23. The van der Waals surface area contributed by atoms with E-state index < -0.39 is 0 Å². The minimum atomic E-state index is -0.224. The standard InChI is InChI=1S/C49H41N2O2/c1-49(2)43-22-14-15-23-44(43)50(3)47(49)29-26-38-30-40(33-42(48(38)52)35-16-8-5-9-17-35)51-45(36-18-10-6-11-19-36)31-39(34-24-27-41(53-4)28-25-34)32-46(51)37-20-12-7-13-21-37/h5-33H,1-4H3/q+1. The van der Waals surface area contributed by atoms with E-state index in [-0.39, 0.29) is 11.2 Å². The van der Waals surface area contributed by atoms with Crippen LogP contribution in [0.2, 0.25) is 0 Å². The summed E-state index contributed by atoms with van der Waals surface area (Å²) < 4.78 is 10.0. The van der Waals surface area contributed by atoms with Gasteiger partial charge in [-0.1, -0.05) is 103 Å². The Morgan fingerprint density at radius 1 is 0.566 bits per heavy atom. The van der Waals surface area contributed by atoms with Crippen molar-refractivity contribution >= 4 is 17.5 Å². The first-order valence-electron chi connectivity index (χ1n) is 18.0. The molecule has 2 heterocycles. The van der Waals surface area contributed by atoms with Gasteiger partial charge in [0.2, 0.25) is 22.8 Å². The van der Waals surface area contributed by atoms with Gasteiger partial charge in [-0.3, -0.25) is 0 Å². The second kappa shape index (κ2) is 13.9. The lowest BCUT2D eigenvalue weighted by molar-refractivity contribution is -0.572. The van der Waals surface area contributed by atoms with Crippen molar-refractivity contribution in [2.24, 2.45) is 0 Å². The number of benzene rings is 6. The van der Waals surface area contributed by atoms with E-state index in [2.05, 4.69) is 139 Å². The van der Waals surface area contributed by atoms with Crippen molar-refractivity contribution in [2.75, 3.05) is 14.2 Å². The molecule has 0 bridgehead atoms. The van der Waals surface area contributed by atoms with E-state index >= 15 is 0 Å². The maximum Gasteiger partial charge on any atom is 0.219 e. The Balaban J connectivity index is 1.40. The number of pyridine rings is 1. The highest BCUT2D eigenvalue weighted by Gasteiger charge is 2.42. The Kier molecular flexibility index (Phi) is 8.81. The molecule has 7 aromatic rings. The van der Waals surface area contributed by atoms with Gasteiger partial charge in [0.25, 0.3) is 0 Å². The topological polar surface area (TPSA) is 39.2 Å². The summed E-state index contributed by atoms with van der Waals surface area (Å²) in [4.78, 5) is 0. The Morgan fingerprint density at radius 3 is 1.68 bits per heavy atom. The largest absolute Gasteiger partial charge is 0.872 e. The van der Waals surface area contributed by atoms with Crippen LogP contribution in [0.3, 0.4) is 0 Å². The van der Waals surface area contributed by atoms with Gasteiger partial charge < -0.3 is 9.84 Å². The van der Waals surface area contributed by atoms with Gasteiger partial charge in [0.15, 0.2) is 5.71 Å². The van der Waals surface area contributed by atoms with Crippen LogP contribution in [0.4, 0.5) is 5.69 Å². The molecule has 0 aliphatic carbocycles. The van der Waals surface area contributed by atoms with E-state index in [0.29, 0.717) is 11.1 Å². The quantitative estimate of drug-likeness (QED) is 0.149. The molecule has 0 spiro atoms. The van der Waals surface area contributed by atoms with Crippen LogP contribution in [0.5, 0.6) is 11.5 Å². The van der Waals surface area contributed by atoms with Crippen LogP contribution in [0.25, 0.3) is 56.5 Å². The molecule has 4 heteroatoms. The van der Waals surface area contributed by atoms with Gasteiger partial charge in [0.1, 0.15) is 12.8 Å². The summed E-state index contributed by atoms with van der Waals surface area (Å²) in [5.74, 6) is 0.804. The summed E-state index contributed by atoms with van der Waals surface area (Å²) >= 11 is 0. The number of aromatic nitrogens is 1. The highest BCUT2D eigenvalue weighted by Crippen LogP contribution is 2.40. The Morgan fingerprint density at radius 2 is 1.11 bits per heavy atom. The van der Waals surface area contributed by atoms with Gasteiger partial charge in [0, 0.05) is 53.1 Å². The summed E-state index contributed by atoms with van der Waals surface area (Å²) in [6, 6.07) is 56.2. The van der Waals surface area contributed by atoms with Gasteiger partial charge in [0.05, 0.1) is 12.5 Å². The zero-order valence-corrected chi connectivity index (χ0v) is 30.5. The van der Waals surface area contributed by atoms with Gasteiger partial charge in [-0.2, -0.15) is 9.14 Å². The smallest absolute Gasteiger partial charge is 0.219 e. The second-order valence-electron chi connectivity index (χ2n) is 14.0. The first kappa shape index (κ1) is 33.6. The van der Waals surface area contributed by atoms with Gasteiger partial charge in [-0.05, 0) is 84.1 Å². The number of nitrogens with zero attached hydrogens (tertiary/aromatic N) is 2. The van der Waals surface area contributed by atoms with E-state index in [1.165, 1.54) is 11.3 Å². The summed E-state index contributed by atoms with van der Waals surface area (Å²) in [5.41, 5.74) is 12.7. The van der Waals surface area contributed by atoms with Crippen molar-refractivity contribution in [1.29, 1.82) is 0 Å². The minimum absolute atomic E-state index is 0.00857. The van der Waals surface area contributed by atoms with E-state index in [4.69, 9.17) is 4.74 Å². The van der Waals surface area contributed by atoms with Crippen LogP contribution in [0.1, 0.15) is 25.0 Å². The fourth-order valence-corrected chi connectivity index (χ4v) is 7.66. The third-order valence-corrected chi connectivity index (χ3v) is 10.4. The molecule has 4 nitrogen and oxygen atoms in total. The highest BCUT2D eigenvalue weighted by atomic mass is 16.5. The molecule has 0 amide bonds. The molecule has 0 saturated heterocycles.